The Kier molecular flexibility index (Phi) is 9.68. The maximum atomic E-state index is 13.5. The van der Waals surface area contributed by atoms with Crippen LogP contribution in [-0.4, -0.2) is 38.9 Å². The van der Waals surface area contributed by atoms with Crippen molar-refractivity contribution in [3.63, 3.8) is 0 Å². The Morgan fingerprint density at radius 1 is 0.912 bits per heavy atom. The highest BCUT2D eigenvalue weighted by molar-refractivity contribution is 5.91. The van der Waals surface area contributed by atoms with E-state index in [1.807, 2.05) is 46.8 Å². The summed E-state index contributed by atoms with van der Waals surface area (Å²) in [5, 5.41) is 14.7. The quantitative estimate of drug-likeness (QED) is 0.312. The zero-order valence-corrected chi connectivity index (χ0v) is 20.4. The maximum Gasteiger partial charge on any atom is 0.244 e. The number of aromatic nitrogens is 2. The van der Waals surface area contributed by atoms with E-state index in [2.05, 4.69) is 20.6 Å². The molecule has 0 aromatic carbocycles. The molecule has 3 amide bonds. The molecule has 9 heteroatoms. The van der Waals surface area contributed by atoms with E-state index < -0.39 is 41.1 Å². The molecule has 0 fully saturated rings. The molecule has 184 valence electrons. The average Bonchev–Trinajstić information content (AvgIpc) is 2.80. The zero-order valence-electron chi connectivity index (χ0n) is 20.4. The van der Waals surface area contributed by atoms with Gasteiger partial charge in [-0.05, 0) is 42.0 Å². The van der Waals surface area contributed by atoms with Crippen molar-refractivity contribution in [3.05, 3.63) is 60.2 Å². The molecule has 4 N–H and O–H groups in total. The summed E-state index contributed by atoms with van der Waals surface area (Å²) in [6.45, 7) is 9.44. The fraction of sp³-hybridized carbons (Fsp3) is 0.480. The monoisotopic (exact) mass is 469 g/mol. The molecule has 0 unspecified atom stereocenters. The van der Waals surface area contributed by atoms with Gasteiger partial charge in [-0.3, -0.25) is 29.6 Å². The van der Waals surface area contributed by atoms with Crippen molar-refractivity contribution < 1.29 is 19.6 Å². The van der Waals surface area contributed by atoms with Crippen molar-refractivity contribution in [2.75, 3.05) is 0 Å². The van der Waals surface area contributed by atoms with Crippen LogP contribution >= 0.6 is 0 Å². The van der Waals surface area contributed by atoms with Crippen LogP contribution in [-0.2, 0) is 14.4 Å². The van der Waals surface area contributed by atoms with Gasteiger partial charge in [0.05, 0.1) is 11.4 Å². The second-order valence-corrected chi connectivity index (χ2v) is 9.82. The van der Waals surface area contributed by atoms with Crippen LogP contribution in [0.4, 0.5) is 0 Å². The second-order valence-electron chi connectivity index (χ2n) is 9.82. The van der Waals surface area contributed by atoms with Gasteiger partial charge in [-0.2, -0.15) is 0 Å². The summed E-state index contributed by atoms with van der Waals surface area (Å²) in [6, 6.07) is 9.34. The fourth-order valence-electron chi connectivity index (χ4n) is 3.68. The number of rotatable bonds is 10. The van der Waals surface area contributed by atoms with Crippen molar-refractivity contribution in [1.29, 1.82) is 0 Å². The van der Waals surface area contributed by atoms with E-state index in [4.69, 9.17) is 5.21 Å². The van der Waals surface area contributed by atoms with Crippen LogP contribution in [0, 0.1) is 17.3 Å². The summed E-state index contributed by atoms with van der Waals surface area (Å²) in [6.07, 6.45) is 3.54. The number of hydrogen-bond acceptors (Lipinski definition) is 6. The summed E-state index contributed by atoms with van der Waals surface area (Å²) >= 11 is 0. The van der Waals surface area contributed by atoms with E-state index in [1.54, 1.807) is 42.1 Å². The lowest BCUT2D eigenvalue weighted by Gasteiger charge is -2.33. The van der Waals surface area contributed by atoms with Gasteiger partial charge in [0, 0.05) is 24.7 Å². The summed E-state index contributed by atoms with van der Waals surface area (Å²) < 4.78 is 0. The van der Waals surface area contributed by atoms with E-state index in [-0.39, 0.29) is 12.3 Å². The molecule has 2 rings (SSSR count). The highest BCUT2D eigenvalue weighted by Crippen LogP contribution is 2.24. The lowest BCUT2D eigenvalue weighted by Crippen LogP contribution is -2.55. The molecule has 0 saturated carbocycles. The minimum atomic E-state index is -0.887. The predicted octanol–water partition coefficient (Wildman–Crippen LogP) is 2.77. The molecule has 2 atom stereocenters. The Morgan fingerprint density at radius 3 is 1.88 bits per heavy atom. The molecule has 34 heavy (non-hydrogen) atoms. The van der Waals surface area contributed by atoms with Crippen LogP contribution in [0.15, 0.2) is 48.8 Å². The van der Waals surface area contributed by atoms with Crippen molar-refractivity contribution in [2.45, 2.75) is 59.5 Å². The molecule has 9 nitrogen and oxygen atoms in total. The largest absolute Gasteiger partial charge is 0.344 e. The van der Waals surface area contributed by atoms with Gasteiger partial charge in [-0.15, -0.1) is 0 Å². The van der Waals surface area contributed by atoms with Gasteiger partial charge in [-0.1, -0.05) is 46.8 Å². The van der Waals surface area contributed by atoms with Crippen LogP contribution in [0.1, 0.15) is 64.9 Å². The highest BCUT2D eigenvalue weighted by Gasteiger charge is 2.36. The number of hydroxylamine groups is 1. The van der Waals surface area contributed by atoms with Crippen molar-refractivity contribution in [2.24, 2.45) is 17.3 Å². The van der Waals surface area contributed by atoms with Gasteiger partial charge >= 0.3 is 0 Å². The zero-order chi connectivity index (χ0) is 25.3. The third-order valence-electron chi connectivity index (χ3n) is 5.35. The Hall–Kier alpha value is -3.33. The molecule has 2 heterocycles. The summed E-state index contributed by atoms with van der Waals surface area (Å²) in [5.41, 5.74) is 2.19. The molecule has 0 bridgehead atoms. The number of carbonyl (C=O) groups is 3. The van der Waals surface area contributed by atoms with Crippen LogP contribution in [0.2, 0.25) is 0 Å². The topological polar surface area (TPSA) is 133 Å². The molecular formula is C25H35N5O4. The molecule has 0 spiro atoms. The molecule has 0 saturated heterocycles. The van der Waals surface area contributed by atoms with E-state index in [1.165, 1.54) is 0 Å². The van der Waals surface area contributed by atoms with Crippen molar-refractivity contribution >= 4 is 17.7 Å². The summed E-state index contributed by atoms with van der Waals surface area (Å²) in [4.78, 5) is 47.2. The summed E-state index contributed by atoms with van der Waals surface area (Å²) in [7, 11) is 0. The van der Waals surface area contributed by atoms with Gasteiger partial charge in [0.2, 0.25) is 17.7 Å². The van der Waals surface area contributed by atoms with Gasteiger partial charge in [-0.25, -0.2) is 5.48 Å². The smallest absolute Gasteiger partial charge is 0.244 e. The first-order valence-corrected chi connectivity index (χ1v) is 11.4. The first-order valence-electron chi connectivity index (χ1n) is 11.4. The van der Waals surface area contributed by atoms with Gasteiger partial charge < -0.3 is 10.6 Å². The molecular weight excluding hydrogens is 434 g/mol. The normalized spacial score (nSPS) is 13.3. The Labute approximate surface area is 200 Å². The lowest BCUT2D eigenvalue weighted by molar-refractivity contribution is -0.137. The first-order chi connectivity index (χ1) is 16.0. The van der Waals surface area contributed by atoms with Crippen LogP contribution in [0.5, 0.6) is 0 Å². The van der Waals surface area contributed by atoms with Gasteiger partial charge in [0.15, 0.2) is 0 Å². The number of carbonyl (C=O) groups excluding carboxylic acids is 3. The standard InChI is InChI=1S/C25H35N5O4/c1-16(2)14-17(15-20(31)30-34)23(32)29-22(25(3,4)5)24(33)28-21(18-10-6-8-12-26-18)19-11-7-9-13-27-19/h6-13,16-17,21-22,34H,14-15H2,1-5H3,(H,28,33)(H,29,32)(H,30,31)/t17-,22-/m1/s1. The SMILES string of the molecule is CC(C)C[C@H](CC(=O)NO)C(=O)N[C@H](C(=O)NC(c1ccccn1)c1ccccn1)C(C)(C)C. The lowest BCUT2D eigenvalue weighted by atomic mass is 9.84. The van der Waals surface area contributed by atoms with E-state index in [0.29, 0.717) is 17.8 Å². The van der Waals surface area contributed by atoms with E-state index in [0.717, 1.165) is 0 Å². The van der Waals surface area contributed by atoms with E-state index in [9.17, 15) is 14.4 Å². The van der Waals surface area contributed by atoms with Gasteiger partial charge in [0.1, 0.15) is 12.1 Å². The van der Waals surface area contributed by atoms with Crippen LogP contribution in [0.25, 0.3) is 0 Å². The van der Waals surface area contributed by atoms with Crippen molar-refractivity contribution in [3.8, 4) is 0 Å². The first kappa shape index (κ1) is 26.9. The molecule has 0 aliphatic rings. The Bertz CT molecular complexity index is 905. The molecule has 0 radical (unpaired) electrons. The second kappa shape index (κ2) is 12.2. The number of amides is 3. The van der Waals surface area contributed by atoms with Crippen LogP contribution < -0.4 is 16.1 Å². The average molecular weight is 470 g/mol. The van der Waals surface area contributed by atoms with Crippen LogP contribution in [0.3, 0.4) is 0 Å². The third-order valence-corrected chi connectivity index (χ3v) is 5.35. The molecule has 2 aromatic rings. The molecule has 0 aliphatic heterocycles. The highest BCUT2D eigenvalue weighted by atomic mass is 16.5. The Balaban J connectivity index is 2.30. The molecule has 2 aromatic heterocycles. The predicted molar refractivity (Wildman–Crippen MR) is 127 cm³/mol. The van der Waals surface area contributed by atoms with Crippen molar-refractivity contribution in [1.82, 2.24) is 26.1 Å². The number of nitrogens with one attached hydrogen (secondary N) is 3. The van der Waals surface area contributed by atoms with E-state index >= 15 is 0 Å². The minimum Gasteiger partial charge on any atom is -0.344 e. The van der Waals surface area contributed by atoms with Gasteiger partial charge in [0.25, 0.3) is 0 Å². The number of nitrogens with zero attached hydrogens (tertiary/aromatic N) is 2. The number of hydrogen-bond donors (Lipinski definition) is 4. The summed E-state index contributed by atoms with van der Waals surface area (Å²) in [5.74, 6) is -2.01. The number of pyridine rings is 2. The maximum absolute atomic E-state index is 13.5. The molecule has 0 aliphatic carbocycles. The fourth-order valence-corrected chi connectivity index (χ4v) is 3.68. The Morgan fingerprint density at radius 2 is 1.47 bits per heavy atom. The minimum absolute atomic E-state index is 0.141. The third kappa shape index (κ3) is 7.91.